The van der Waals surface area contributed by atoms with Crippen LogP contribution in [0.3, 0.4) is 0 Å². The molecule has 25 heavy (non-hydrogen) atoms. The van der Waals surface area contributed by atoms with E-state index in [2.05, 4.69) is 4.98 Å². The number of pyridine rings is 1. The summed E-state index contributed by atoms with van der Waals surface area (Å²) in [4.78, 5) is 29.9. The summed E-state index contributed by atoms with van der Waals surface area (Å²) in [5.41, 5.74) is 0.719. The Hall–Kier alpha value is -2.44. The second-order valence-corrected chi connectivity index (χ2v) is 6.31. The predicted octanol–water partition coefficient (Wildman–Crippen LogP) is 2.91. The Kier molecular flexibility index (Phi) is 4.74. The highest BCUT2D eigenvalue weighted by atomic mass is 19.1. The number of hydrogen-bond acceptors (Lipinski definition) is 5. The van der Waals surface area contributed by atoms with Crippen LogP contribution in [0.2, 0.25) is 0 Å². The van der Waals surface area contributed by atoms with E-state index in [1.54, 1.807) is 32.2 Å². The van der Waals surface area contributed by atoms with Crippen molar-refractivity contribution in [1.82, 2.24) is 4.98 Å². The van der Waals surface area contributed by atoms with Gasteiger partial charge in [0.1, 0.15) is 17.8 Å². The summed E-state index contributed by atoms with van der Waals surface area (Å²) in [6.07, 6.45) is 2.09. The summed E-state index contributed by atoms with van der Waals surface area (Å²) >= 11 is 0. The number of nitrogens with zero attached hydrogens (tertiary/aromatic N) is 1. The Labute approximate surface area is 144 Å². The van der Waals surface area contributed by atoms with Crippen LogP contribution in [0.4, 0.5) is 4.39 Å². The molecule has 2 aromatic rings. The lowest BCUT2D eigenvalue weighted by atomic mass is 9.85. The van der Waals surface area contributed by atoms with Gasteiger partial charge in [0.05, 0.1) is 6.61 Å². The first-order valence-corrected chi connectivity index (χ1v) is 7.92. The number of halogens is 1. The van der Waals surface area contributed by atoms with Gasteiger partial charge in [-0.25, -0.2) is 4.39 Å². The SMILES string of the molecule is CC1(C)OCC(C(=O)C(C(=O)c2cccnc2)c2ccc(F)cc2)O1. The second kappa shape index (κ2) is 6.82. The third kappa shape index (κ3) is 3.81. The zero-order valence-electron chi connectivity index (χ0n) is 13.9. The van der Waals surface area contributed by atoms with Gasteiger partial charge in [0, 0.05) is 18.0 Å². The fourth-order valence-electron chi connectivity index (χ4n) is 2.79. The molecule has 1 aliphatic rings. The van der Waals surface area contributed by atoms with Gasteiger partial charge in [-0.05, 0) is 43.7 Å². The Balaban J connectivity index is 1.96. The van der Waals surface area contributed by atoms with E-state index in [1.165, 1.54) is 30.5 Å². The van der Waals surface area contributed by atoms with Crippen LogP contribution in [0.5, 0.6) is 0 Å². The molecule has 2 heterocycles. The molecule has 130 valence electrons. The number of Topliss-reactive ketones (excluding diaryl/α,β-unsaturated/α-hetero) is 2. The molecule has 6 heteroatoms. The van der Waals surface area contributed by atoms with E-state index in [-0.39, 0.29) is 6.61 Å². The van der Waals surface area contributed by atoms with Crippen molar-refractivity contribution >= 4 is 11.6 Å². The molecule has 2 unspecified atom stereocenters. The summed E-state index contributed by atoms with van der Waals surface area (Å²) < 4.78 is 24.3. The number of carbonyl (C=O) groups is 2. The molecular weight excluding hydrogens is 325 g/mol. The first-order chi connectivity index (χ1) is 11.9. The maximum absolute atomic E-state index is 13.3. The van der Waals surface area contributed by atoms with Crippen LogP contribution >= 0.6 is 0 Å². The first-order valence-electron chi connectivity index (χ1n) is 7.92. The number of hydrogen-bond donors (Lipinski definition) is 0. The smallest absolute Gasteiger partial charge is 0.179 e. The van der Waals surface area contributed by atoms with Gasteiger partial charge in [-0.3, -0.25) is 14.6 Å². The van der Waals surface area contributed by atoms with Gasteiger partial charge in [-0.15, -0.1) is 0 Å². The Bertz CT molecular complexity index is 774. The van der Waals surface area contributed by atoms with Crippen molar-refractivity contribution in [3.8, 4) is 0 Å². The molecule has 1 aromatic heterocycles. The normalized spacial score (nSPS) is 20.2. The number of rotatable bonds is 5. The van der Waals surface area contributed by atoms with Crippen molar-refractivity contribution in [3.63, 3.8) is 0 Å². The Morgan fingerprint density at radius 3 is 2.52 bits per heavy atom. The number of ether oxygens (including phenoxy) is 2. The molecule has 0 aliphatic carbocycles. The minimum absolute atomic E-state index is 0.0733. The van der Waals surface area contributed by atoms with Crippen molar-refractivity contribution in [2.75, 3.05) is 6.61 Å². The maximum atomic E-state index is 13.3. The zero-order chi connectivity index (χ0) is 18.0. The molecule has 0 bridgehead atoms. The van der Waals surface area contributed by atoms with Gasteiger partial charge < -0.3 is 9.47 Å². The summed E-state index contributed by atoms with van der Waals surface area (Å²) in [6, 6.07) is 8.54. The number of aromatic nitrogens is 1. The standard InChI is InChI=1S/C19H18FNO4/c1-19(2)24-11-15(25-19)18(23)16(12-5-7-14(20)8-6-12)17(22)13-4-3-9-21-10-13/h3-10,15-16H,11H2,1-2H3. The molecule has 3 rings (SSSR count). The minimum Gasteiger partial charge on any atom is -0.347 e. The van der Waals surface area contributed by atoms with Gasteiger partial charge in [-0.2, -0.15) is 0 Å². The van der Waals surface area contributed by atoms with Crippen LogP contribution in [-0.4, -0.2) is 35.0 Å². The molecule has 0 radical (unpaired) electrons. The highest BCUT2D eigenvalue weighted by Crippen LogP contribution is 2.30. The fourth-order valence-corrected chi connectivity index (χ4v) is 2.79. The molecule has 1 aliphatic heterocycles. The summed E-state index contributed by atoms with van der Waals surface area (Å²) in [7, 11) is 0. The van der Waals surface area contributed by atoms with Crippen molar-refractivity contribution < 1.29 is 23.5 Å². The molecular formula is C19H18FNO4. The van der Waals surface area contributed by atoms with E-state index in [0.29, 0.717) is 11.1 Å². The molecule has 0 N–H and O–H groups in total. The third-order valence-electron chi connectivity index (χ3n) is 4.02. The van der Waals surface area contributed by atoms with Crippen molar-refractivity contribution in [2.24, 2.45) is 0 Å². The van der Waals surface area contributed by atoms with E-state index in [1.807, 2.05) is 0 Å². The van der Waals surface area contributed by atoms with E-state index < -0.39 is 35.2 Å². The van der Waals surface area contributed by atoms with Crippen LogP contribution in [0.1, 0.15) is 35.7 Å². The lowest BCUT2D eigenvalue weighted by Gasteiger charge is -2.20. The van der Waals surface area contributed by atoms with E-state index in [4.69, 9.17) is 9.47 Å². The van der Waals surface area contributed by atoms with Crippen molar-refractivity contribution in [1.29, 1.82) is 0 Å². The fraction of sp³-hybridized carbons (Fsp3) is 0.316. The highest BCUT2D eigenvalue weighted by Gasteiger charge is 2.42. The Morgan fingerprint density at radius 1 is 1.24 bits per heavy atom. The van der Waals surface area contributed by atoms with Gasteiger partial charge in [-0.1, -0.05) is 12.1 Å². The van der Waals surface area contributed by atoms with Crippen molar-refractivity contribution in [2.45, 2.75) is 31.7 Å². The number of carbonyl (C=O) groups excluding carboxylic acids is 2. The molecule has 1 aromatic carbocycles. The molecule has 1 fully saturated rings. The quantitative estimate of drug-likeness (QED) is 0.617. The van der Waals surface area contributed by atoms with E-state index in [9.17, 15) is 14.0 Å². The van der Waals surface area contributed by atoms with Gasteiger partial charge in [0.25, 0.3) is 0 Å². The van der Waals surface area contributed by atoms with Crippen LogP contribution in [0, 0.1) is 5.82 Å². The van der Waals surface area contributed by atoms with E-state index in [0.717, 1.165) is 0 Å². The molecule has 0 amide bonds. The highest BCUT2D eigenvalue weighted by molar-refractivity contribution is 6.16. The van der Waals surface area contributed by atoms with Gasteiger partial charge in [0.15, 0.2) is 17.4 Å². The molecule has 1 saturated heterocycles. The van der Waals surface area contributed by atoms with Crippen LogP contribution in [0.25, 0.3) is 0 Å². The first kappa shape index (κ1) is 17.4. The molecule has 0 saturated carbocycles. The van der Waals surface area contributed by atoms with Crippen LogP contribution in [-0.2, 0) is 14.3 Å². The largest absolute Gasteiger partial charge is 0.347 e. The molecule has 0 spiro atoms. The lowest BCUT2D eigenvalue weighted by Crippen LogP contribution is -2.34. The van der Waals surface area contributed by atoms with E-state index >= 15 is 0 Å². The summed E-state index contributed by atoms with van der Waals surface area (Å²) in [5.74, 6) is -3.24. The van der Waals surface area contributed by atoms with Crippen LogP contribution in [0.15, 0.2) is 48.8 Å². The summed E-state index contributed by atoms with van der Waals surface area (Å²) in [6.45, 7) is 3.48. The lowest BCUT2D eigenvalue weighted by molar-refractivity contribution is -0.152. The number of benzene rings is 1. The van der Waals surface area contributed by atoms with Crippen LogP contribution < -0.4 is 0 Å². The average Bonchev–Trinajstić information content (AvgIpc) is 2.97. The van der Waals surface area contributed by atoms with Crippen molar-refractivity contribution in [3.05, 3.63) is 65.7 Å². The molecule has 5 nitrogen and oxygen atoms in total. The maximum Gasteiger partial charge on any atom is 0.179 e. The Morgan fingerprint density at radius 2 is 1.96 bits per heavy atom. The number of ketones is 2. The topological polar surface area (TPSA) is 65.5 Å². The third-order valence-corrected chi connectivity index (χ3v) is 4.02. The second-order valence-electron chi connectivity index (χ2n) is 6.31. The monoisotopic (exact) mass is 343 g/mol. The minimum atomic E-state index is -1.10. The van der Waals surface area contributed by atoms with Gasteiger partial charge >= 0.3 is 0 Å². The molecule has 2 atom stereocenters. The summed E-state index contributed by atoms with van der Waals surface area (Å²) in [5, 5.41) is 0. The average molecular weight is 343 g/mol. The zero-order valence-corrected chi connectivity index (χ0v) is 13.9. The van der Waals surface area contributed by atoms with Gasteiger partial charge in [0.2, 0.25) is 0 Å². The predicted molar refractivity (Wildman–Crippen MR) is 87.6 cm³/mol.